The first-order valence-corrected chi connectivity index (χ1v) is 9.89. The molecule has 1 aliphatic rings. The SMILES string of the molecule is COc1ccccc1N1CC[NH+](C[C@@H](O)COc2c(OC)cccc2OC)CC1. The summed E-state index contributed by atoms with van der Waals surface area (Å²) in [5.41, 5.74) is 1.13. The molecule has 0 aromatic heterocycles. The fraction of sp³-hybridized carbons (Fsp3) is 0.455. The van der Waals surface area contributed by atoms with E-state index >= 15 is 0 Å². The maximum Gasteiger partial charge on any atom is 0.203 e. The summed E-state index contributed by atoms with van der Waals surface area (Å²) in [5.74, 6) is 2.60. The van der Waals surface area contributed by atoms with Gasteiger partial charge in [-0.2, -0.15) is 0 Å². The lowest BCUT2D eigenvalue weighted by molar-refractivity contribution is -0.903. The molecule has 0 radical (unpaired) electrons. The quantitative estimate of drug-likeness (QED) is 0.648. The van der Waals surface area contributed by atoms with Crippen LogP contribution in [0.1, 0.15) is 0 Å². The highest BCUT2D eigenvalue weighted by Crippen LogP contribution is 2.36. The predicted octanol–water partition coefficient (Wildman–Crippen LogP) is 0.857. The highest BCUT2D eigenvalue weighted by Gasteiger charge is 2.24. The van der Waals surface area contributed by atoms with Crippen LogP contribution in [0.25, 0.3) is 0 Å². The first kappa shape index (κ1) is 21.1. The maximum absolute atomic E-state index is 10.5. The summed E-state index contributed by atoms with van der Waals surface area (Å²) in [6.07, 6.45) is -0.572. The Balaban J connectivity index is 1.50. The molecule has 29 heavy (non-hydrogen) atoms. The molecule has 7 heteroatoms. The van der Waals surface area contributed by atoms with Gasteiger partial charge in [0.15, 0.2) is 11.5 Å². The average molecular weight is 403 g/mol. The van der Waals surface area contributed by atoms with Crippen molar-refractivity contribution in [3.63, 3.8) is 0 Å². The predicted molar refractivity (Wildman–Crippen MR) is 112 cm³/mol. The molecule has 3 rings (SSSR count). The van der Waals surface area contributed by atoms with Crippen LogP contribution >= 0.6 is 0 Å². The van der Waals surface area contributed by atoms with Crippen LogP contribution in [0.2, 0.25) is 0 Å². The van der Waals surface area contributed by atoms with Crippen molar-refractivity contribution in [3.05, 3.63) is 42.5 Å². The fourth-order valence-corrected chi connectivity index (χ4v) is 3.69. The van der Waals surface area contributed by atoms with Gasteiger partial charge in [0, 0.05) is 0 Å². The Morgan fingerprint density at radius 3 is 2.10 bits per heavy atom. The summed E-state index contributed by atoms with van der Waals surface area (Å²) in [6.45, 7) is 4.57. The number of hydrogen-bond donors (Lipinski definition) is 2. The number of nitrogens with one attached hydrogen (secondary N) is 1. The third-order valence-electron chi connectivity index (χ3n) is 5.22. The smallest absolute Gasteiger partial charge is 0.203 e. The van der Waals surface area contributed by atoms with E-state index in [2.05, 4.69) is 11.0 Å². The lowest BCUT2D eigenvalue weighted by Gasteiger charge is -2.35. The molecule has 1 saturated heterocycles. The molecule has 158 valence electrons. The molecular formula is C22H31N2O5+. The number of aliphatic hydroxyl groups is 1. The molecule has 0 saturated carbocycles. The van der Waals surface area contributed by atoms with Gasteiger partial charge >= 0.3 is 0 Å². The Hall–Kier alpha value is -2.64. The van der Waals surface area contributed by atoms with Gasteiger partial charge in [-0.1, -0.05) is 18.2 Å². The van der Waals surface area contributed by atoms with E-state index in [4.69, 9.17) is 18.9 Å². The number of methoxy groups -OCH3 is 3. The molecule has 7 nitrogen and oxygen atoms in total. The van der Waals surface area contributed by atoms with Crippen LogP contribution in [0.5, 0.6) is 23.0 Å². The number of aliphatic hydroxyl groups excluding tert-OH is 1. The zero-order chi connectivity index (χ0) is 20.6. The van der Waals surface area contributed by atoms with Gasteiger partial charge in [0.1, 0.15) is 25.0 Å². The second kappa shape index (κ2) is 10.2. The van der Waals surface area contributed by atoms with Gasteiger partial charge in [-0.25, -0.2) is 0 Å². The standard InChI is InChI=1S/C22H30N2O5/c1-26-19-8-5-4-7-18(19)24-13-11-23(12-14-24)15-17(25)16-29-22-20(27-2)9-6-10-21(22)28-3/h4-10,17,25H,11-16H2,1-3H3/p+1/t17-/m1/s1. The van der Waals surface area contributed by atoms with Crippen molar-refractivity contribution in [2.24, 2.45) is 0 Å². The molecule has 0 spiro atoms. The molecule has 0 bridgehead atoms. The molecule has 2 N–H and O–H groups in total. The first-order chi connectivity index (χ1) is 14.2. The molecule has 2 aromatic rings. The van der Waals surface area contributed by atoms with Crippen molar-refractivity contribution >= 4 is 5.69 Å². The molecule has 0 aliphatic carbocycles. The van der Waals surface area contributed by atoms with E-state index in [0.29, 0.717) is 23.8 Å². The van der Waals surface area contributed by atoms with Crippen molar-refractivity contribution in [1.29, 1.82) is 0 Å². The minimum atomic E-state index is -0.572. The van der Waals surface area contributed by atoms with E-state index in [1.54, 1.807) is 21.3 Å². The van der Waals surface area contributed by atoms with Gasteiger partial charge in [-0.15, -0.1) is 0 Å². The van der Waals surface area contributed by atoms with Crippen molar-refractivity contribution in [1.82, 2.24) is 0 Å². The number of anilines is 1. The second-order valence-corrected chi connectivity index (χ2v) is 7.07. The van der Waals surface area contributed by atoms with Crippen LogP contribution in [0, 0.1) is 0 Å². The van der Waals surface area contributed by atoms with E-state index in [1.165, 1.54) is 4.90 Å². The lowest BCUT2D eigenvalue weighted by atomic mass is 10.2. The Bertz CT molecular complexity index is 755. The first-order valence-electron chi connectivity index (χ1n) is 9.89. The summed E-state index contributed by atoms with van der Waals surface area (Å²) in [6, 6.07) is 13.6. The average Bonchev–Trinajstić information content (AvgIpc) is 2.77. The molecule has 1 heterocycles. The summed E-state index contributed by atoms with van der Waals surface area (Å²) in [7, 11) is 4.88. The summed E-state index contributed by atoms with van der Waals surface area (Å²) in [5, 5.41) is 10.5. The van der Waals surface area contributed by atoms with E-state index in [0.717, 1.165) is 37.6 Å². The molecule has 0 unspecified atom stereocenters. The fourth-order valence-electron chi connectivity index (χ4n) is 3.69. The zero-order valence-electron chi connectivity index (χ0n) is 17.4. The molecule has 1 fully saturated rings. The number of piperazine rings is 1. The monoisotopic (exact) mass is 403 g/mol. The number of ether oxygens (including phenoxy) is 4. The van der Waals surface area contributed by atoms with Crippen molar-refractivity contribution in [2.75, 3.05) is 65.6 Å². The van der Waals surface area contributed by atoms with Crippen molar-refractivity contribution in [2.45, 2.75) is 6.10 Å². The van der Waals surface area contributed by atoms with Gasteiger partial charge in [0.2, 0.25) is 5.75 Å². The van der Waals surface area contributed by atoms with Crippen LogP contribution in [0.3, 0.4) is 0 Å². The zero-order valence-corrected chi connectivity index (χ0v) is 17.4. The van der Waals surface area contributed by atoms with Crippen LogP contribution < -0.4 is 28.7 Å². The van der Waals surface area contributed by atoms with Crippen molar-refractivity contribution in [3.8, 4) is 23.0 Å². The lowest BCUT2D eigenvalue weighted by Crippen LogP contribution is -3.16. The highest BCUT2D eigenvalue weighted by molar-refractivity contribution is 5.58. The van der Waals surface area contributed by atoms with Gasteiger partial charge in [0.25, 0.3) is 0 Å². The van der Waals surface area contributed by atoms with Gasteiger partial charge in [0.05, 0.1) is 53.2 Å². The highest BCUT2D eigenvalue weighted by atomic mass is 16.5. The molecule has 2 aromatic carbocycles. The molecule has 1 aliphatic heterocycles. The summed E-state index contributed by atoms with van der Waals surface area (Å²) in [4.78, 5) is 3.70. The summed E-state index contributed by atoms with van der Waals surface area (Å²) < 4.78 is 22.0. The van der Waals surface area contributed by atoms with Crippen LogP contribution in [-0.2, 0) is 0 Å². The molecule has 0 amide bonds. The van der Waals surface area contributed by atoms with Gasteiger partial charge in [-0.05, 0) is 24.3 Å². The van der Waals surface area contributed by atoms with Gasteiger partial charge in [-0.3, -0.25) is 0 Å². The Morgan fingerprint density at radius 2 is 1.48 bits per heavy atom. The van der Waals surface area contributed by atoms with Crippen LogP contribution in [-0.4, -0.2) is 71.9 Å². The largest absolute Gasteiger partial charge is 0.495 e. The Morgan fingerprint density at radius 1 is 0.897 bits per heavy atom. The van der Waals surface area contributed by atoms with Gasteiger partial charge < -0.3 is 33.9 Å². The molecule has 1 atom stereocenters. The topological polar surface area (TPSA) is 64.8 Å². The minimum Gasteiger partial charge on any atom is -0.495 e. The number of para-hydroxylation sites is 3. The number of nitrogens with zero attached hydrogens (tertiary/aromatic N) is 1. The van der Waals surface area contributed by atoms with Crippen molar-refractivity contribution < 1.29 is 29.0 Å². The number of benzene rings is 2. The van der Waals surface area contributed by atoms with Crippen LogP contribution in [0.4, 0.5) is 5.69 Å². The third-order valence-corrected chi connectivity index (χ3v) is 5.22. The number of rotatable bonds is 9. The van der Waals surface area contributed by atoms with E-state index < -0.39 is 6.10 Å². The Labute approximate surface area is 172 Å². The molecular weight excluding hydrogens is 372 g/mol. The van der Waals surface area contributed by atoms with Crippen LogP contribution in [0.15, 0.2) is 42.5 Å². The van der Waals surface area contributed by atoms with E-state index in [-0.39, 0.29) is 6.61 Å². The number of quaternary nitrogens is 1. The second-order valence-electron chi connectivity index (χ2n) is 7.07. The normalized spacial score (nSPS) is 15.7. The van der Waals surface area contributed by atoms with E-state index in [9.17, 15) is 5.11 Å². The Kier molecular flexibility index (Phi) is 7.43. The summed E-state index contributed by atoms with van der Waals surface area (Å²) >= 11 is 0. The maximum atomic E-state index is 10.5. The third kappa shape index (κ3) is 5.25. The number of hydrogen-bond acceptors (Lipinski definition) is 6. The van der Waals surface area contributed by atoms with E-state index in [1.807, 2.05) is 36.4 Å². The minimum absolute atomic E-state index is 0.191.